The fourth-order valence-corrected chi connectivity index (χ4v) is 2.38. The van der Waals surface area contributed by atoms with Crippen molar-refractivity contribution in [3.8, 4) is 0 Å². The second kappa shape index (κ2) is 5.74. The van der Waals surface area contributed by atoms with Crippen molar-refractivity contribution in [1.29, 1.82) is 0 Å². The Morgan fingerprint density at radius 3 is 2.33 bits per heavy atom. The lowest BCUT2D eigenvalue weighted by Crippen LogP contribution is -2.46. The summed E-state index contributed by atoms with van der Waals surface area (Å²) in [7, 11) is 0. The molecule has 110 valence electrons. The van der Waals surface area contributed by atoms with Crippen LogP contribution in [0.2, 0.25) is 0 Å². The molecular formula is C14H13NO6. The molecule has 7 heteroatoms. The van der Waals surface area contributed by atoms with Crippen LogP contribution >= 0.6 is 0 Å². The van der Waals surface area contributed by atoms with Gasteiger partial charge in [-0.25, -0.2) is 4.79 Å². The number of carbonyl (C=O) groups excluding carboxylic acids is 2. The zero-order valence-corrected chi connectivity index (χ0v) is 10.9. The third kappa shape index (κ3) is 2.91. The third-order valence-corrected chi connectivity index (χ3v) is 3.35. The quantitative estimate of drug-likeness (QED) is 0.762. The fraction of sp³-hybridized carbons (Fsp3) is 0.286. The minimum atomic E-state index is -1.67. The van der Waals surface area contributed by atoms with E-state index in [-0.39, 0.29) is 6.42 Å². The van der Waals surface area contributed by atoms with E-state index in [9.17, 15) is 19.2 Å². The van der Waals surface area contributed by atoms with Crippen molar-refractivity contribution in [3.05, 3.63) is 35.9 Å². The summed E-state index contributed by atoms with van der Waals surface area (Å²) in [5, 5.41) is 17.8. The number of benzene rings is 1. The highest BCUT2D eigenvalue weighted by Gasteiger charge is 2.46. The first kappa shape index (κ1) is 14.7. The first-order valence-corrected chi connectivity index (χ1v) is 6.27. The van der Waals surface area contributed by atoms with E-state index in [4.69, 9.17) is 10.2 Å². The van der Waals surface area contributed by atoms with Gasteiger partial charge in [-0.15, -0.1) is 0 Å². The molecule has 21 heavy (non-hydrogen) atoms. The summed E-state index contributed by atoms with van der Waals surface area (Å²) in [5.41, 5.74) is 0.609. The summed E-state index contributed by atoms with van der Waals surface area (Å²) in [6.07, 6.45) is -0.958. The number of hydrogen-bond donors (Lipinski definition) is 2. The summed E-state index contributed by atoms with van der Waals surface area (Å²) in [6.45, 7) is 0. The maximum absolute atomic E-state index is 12.3. The highest BCUT2D eigenvalue weighted by molar-refractivity contribution is 6.09. The molecule has 0 radical (unpaired) electrons. The number of carboxylic acid groups (broad SMARTS) is 2. The molecule has 2 atom stereocenters. The topological polar surface area (TPSA) is 112 Å². The lowest BCUT2D eigenvalue weighted by Gasteiger charge is -2.21. The molecule has 0 spiro atoms. The number of rotatable bonds is 5. The van der Waals surface area contributed by atoms with Crippen molar-refractivity contribution in [2.75, 3.05) is 0 Å². The molecule has 1 aliphatic heterocycles. The predicted molar refractivity (Wildman–Crippen MR) is 69.3 cm³/mol. The van der Waals surface area contributed by atoms with Gasteiger partial charge >= 0.3 is 11.9 Å². The van der Waals surface area contributed by atoms with Crippen LogP contribution in [0.25, 0.3) is 0 Å². The van der Waals surface area contributed by atoms with E-state index in [0.29, 0.717) is 10.5 Å². The van der Waals surface area contributed by atoms with Crippen LogP contribution in [-0.2, 0) is 19.2 Å². The highest BCUT2D eigenvalue weighted by atomic mass is 16.4. The molecule has 2 unspecified atom stereocenters. The van der Waals surface area contributed by atoms with Gasteiger partial charge in [-0.1, -0.05) is 30.3 Å². The van der Waals surface area contributed by atoms with Gasteiger partial charge in [0.25, 0.3) is 0 Å². The first-order valence-electron chi connectivity index (χ1n) is 6.27. The minimum absolute atomic E-state index is 0.147. The van der Waals surface area contributed by atoms with Crippen LogP contribution in [-0.4, -0.2) is 44.9 Å². The maximum atomic E-state index is 12.3. The molecule has 1 saturated heterocycles. The smallest absolute Gasteiger partial charge is 0.327 e. The van der Waals surface area contributed by atoms with Crippen LogP contribution in [0.5, 0.6) is 0 Å². The Kier molecular flexibility index (Phi) is 4.02. The summed E-state index contributed by atoms with van der Waals surface area (Å²) in [4.78, 5) is 46.7. The van der Waals surface area contributed by atoms with Crippen molar-refractivity contribution < 1.29 is 29.4 Å². The summed E-state index contributed by atoms with van der Waals surface area (Å²) in [6, 6.07) is 6.85. The summed E-state index contributed by atoms with van der Waals surface area (Å²) in [5.74, 6) is -4.98. The Balaban J connectivity index is 2.29. The van der Waals surface area contributed by atoms with E-state index >= 15 is 0 Å². The zero-order valence-electron chi connectivity index (χ0n) is 10.9. The molecule has 0 aliphatic carbocycles. The van der Waals surface area contributed by atoms with Crippen molar-refractivity contribution >= 4 is 23.8 Å². The second-order valence-electron chi connectivity index (χ2n) is 4.72. The lowest BCUT2D eigenvalue weighted by molar-refractivity contribution is -0.157. The Morgan fingerprint density at radius 1 is 1.19 bits per heavy atom. The second-order valence-corrected chi connectivity index (χ2v) is 4.72. The number of nitrogens with zero attached hydrogens (tertiary/aromatic N) is 1. The fourth-order valence-electron chi connectivity index (χ4n) is 2.38. The van der Waals surface area contributed by atoms with Gasteiger partial charge in [0, 0.05) is 6.42 Å². The van der Waals surface area contributed by atoms with Gasteiger partial charge < -0.3 is 10.2 Å². The van der Waals surface area contributed by atoms with E-state index < -0.39 is 42.1 Å². The summed E-state index contributed by atoms with van der Waals surface area (Å²) >= 11 is 0. The van der Waals surface area contributed by atoms with Crippen LogP contribution in [0.1, 0.15) is 24.3 Å². The summed E-state index contributed by atoms with van der Waals surface area (Å²) < 4.78 is 0. The number of carboxylic acids is 2. The van der Waals surface area contributed by atoms with Crippen LogP contribution in [0.4, 0.5) is 0 Å². The van der Waals surface area contributed by atoms with E-state index in [1.54, 1.807) is 30.3 Å². The Bertz CT molecular complexity index is 597. The molecule has 0 aromatic heterocycles. The average Bonchev–Trinajstić information content (AvgIpc) is 2.72. The predicted octanol–water partition coefficient (Wildman–Crippen LogP) is 0.457. The normalized spacial score (nSPS) is 19.6. The standard InChI is InChI=1S/C14H13NO6/c16-11-6-9(8-4-2-1-3-5-8)13(19)15(11)10(14(20)21)7-12(17)18/h1-5,9-10H,6-7H2,(H,17,18)(H,20,21). The van der Waals surface area contributed by atoms with Crippen LogP contribution in [0.15, 0.2) is 30.3 Å². The molecule has 1 heterocycles. The van der Waals surface area contributed by atoms with Gasteiger partial charge in [0.05, 0.1) is 12.3 Å². The van der Waals surface area contributed by atoms with Gasteiger partial charge in [-0.05, 0) is 5.56 Å². The zero-order chi connectivity index (χ0) is 15.6. The number of imide groups is 1. The number of amides is 2. The number of aliphatic carboxylic acids is 2. The van der Waals surface area contributed by atoms with Gasteiger partial charge in [0.1, 0.15) is 6.04 Å². The Labute approximate surface area is 119 Å². The largest absolute Gasteiger partial charge is 0.481 e. The number of carbonyl (C=O) groups is 4. The van der Waals surface area contributed by atoms with Gasteiger partial charge in [-0.3, -0.25) is 19.3 Å². The molecule has 0 bridgehead atoms. The Hall–Kier alpha value is -2.70. The monoisotopic (exact) mass is 291 g/mol. The molecule has 2 rings (SSSR count). The van der Waals surface area contributed by atoms with Crippen molar-refractivity contribution in [1.82, 2.24) is 4.90 Å². The lowest BCUT2D eigenvalue weighted by atomic mass is 9.98. The molecule has 0 saturated carbocycles. The molecule has 1 aliphatic rings. The molecular weight excluding hydrogens is 278 g/mol. The van der Waals surface area contributed by atoms with Gasteiger partial charge in [0.15, 0.2) is 0 Å². The highest BCUT2D eigenvalue weighted by Crippen LogP contribution is 2.31. The minimum Gasteiger partial charge on any atom is -0.481 e. The van der Waals surface area contributed by atoms with Crippen molar-refractivity contribution in [2.24, 2.45) is 0 Å². The van der Waals surface area contributed by atoms with E-state index in [0.717, 1.165) is 0 Å². The maximum Gasteiger partial charge on any atom is 0.327 e. The van der Waals surface area contributed by atoms with E-state index in [2.05, 4.69) is 0 Å². The third-order valence-electron chi connectivity index (χ3n) is 3.35. The molecule has 7 nitrogen and oxygen atoms in total. The van der Waals surface area contributed by atoms with Crippen LogP contribution in [0, 0.1) is 0 Å². The number of likely N-dealkylation sites (tertiary alicyclic amines) is 1. The van der Waals surface area contributed by atoms with Crippen LogP contribution in [0.3, 0.4) is 0 Å². The SMILES string of the molecule is O=C(O)CC(C(=O)O)N1C(=O)CC(c2ccccc2)C1=O. The van der Waals surface area contributed by atoms with Crippen molar-refractivity contribution in [3.63, 3.8) is 0 Å². The molecule has 1 fully saturated rings. The molecule has 2 N–H and O–H groups in total. The van der Waals surface area contributed by atoms with Crippen LogP contribution < -0.4 is 0 Å². The number of hydrogen-bond acceptors (Lipinski definition) is 4. The van der Waals surface area contributed by atoms with Gasteiger partial charge in [-0.2, -0.15) is 0 Å². The molecule has 1 aromatic carbocycles. The molecule has 1 aromatic rings. The van der Waals surface area contributed by atoms with Crippen molar-refractivity contribution in [2.45, 2.75) is 24.8 Å². The average molecular weight is 291 g/mol. The van der Waals surface area contributed by atoms with E-state index in [1.807, 2.05) is 0 Å². The Morgan fingerprint density at radius 2 is 1.81 bits per heavy atom. The first-order chi connectivity index (χ1) is 9.91. The molecule has 2 amide bonds. The van der Waals surface area contributed by atoms with Gasteiger partial charge in [0.2, 0.25) is 11.8 Å². The van der Waals surface area contributed by atoms with E-state index in [1.165, 1.54) is 0 Å².